The molecule has 0 aliphatic carbocycles. The van der Waals surface area contributed by atoms with Gasteiger partial charge in [-0.25, -0.2) is 0 Å². The molecule has 22 heavy (non-hydrogen) atoms. The molecule has 5 nitrogen and oxygen atoms in total. The van der Waals surface area contributed by atoms with Gasteiger partial charge in [-0.1, -0.05) is 18.2 Å². The minimum absolute atomic E-state index is 0.0139. The number of carbonyl (C=O) groups is 1. The lowest BCUT2D eigenvalue weighted by Crippen LogP contribution is -2.21. The lowest BCUT2D eigenvalue weighted by Gasteiger charge is -2.08. The molecule has 5 heteroatoms. The van der Waals surface area contributed by atoms with Gasteiger partial charge in [-0.3, -0.25) is 9.79 Å². The van der Waals surface area contributed by atoms with E-state index < -0.39 is 0 Å². The number of anilines is 1. The smallest absolute Gasteiger partial charge is 0.262 e. The molecule has 0 unspecified atom stereocenters. The largest absolute Gasteiger partial charge is 0.484 e. The van der Waals surface area contributed by atoms with Crippen molar-refractivity contribution >= 4 is 17.4 Å². The van der Waals surface area contributed by atoms with Crippen molar-refractivity contribution in [3.63, 3.8) is 0 Å². The number of nitrogens with zero attached hydrogens (tertiary/aromatic N) is 1. The third kappa shape index (κ3) is 3.63. The van der Waals surface area contributed by atoms with Crippen molar-refractivity contribution < 1.29 is 9.53 Å². The van der Waals surface area contributed by atoms with Gasteiger partial charge in [-0.05, 0) is 36.4 Å². The van der Waals surface area contributed by atoms with Crippen LogP contribution >= 0.6 is 0 Å². The topological polar surface area (TPSA) is 62.7 Å². The van der Waals surface area contributed by atoms with E-state index in [2.05, 4.69) is 15.6 Å². The molecule has 0 fully saturated rings. The molecule has 0 saturated heterocycles. The number of rotatable bonds is 5. The van der Waals surface area contributed by atoms with Crippen LogP contribution in [0.25, 0.3) is 0 Å². The molecule has 0 spiro atoms. The minimum Gasteiger partial charge on any atom is -0.484 e. The Balaban J connectivity index is 1.53. The highest BCUT2D eigenvalue weighted by molar-refractivity contribution is 6.00. The number of amides is 1. The fraction of sp³-hybridized carbons (Fsp3) is 0.176. The minimum atomic E-state index is -0.187. The Morgan fingerprint density at radius 1 is 1.14 bits per heavy atom. The molecule has 112 valence electrons. The van der Waals surface area contributed by atoms with Crippen LogP contribution in [0.3, 0.4) is 0 Å². The maximum atomic E-state index is 11.9. The molecule has 0 radical (unpaired) electrons. The molecule has 2 aromatic carbocycles. The van der Waals surface area contributed by atoms with E-state index in [1.54, 1.807) is 0 Å². The molecule has 1 aliphatic heterocycles. The molecule has 1 heterocycles. The lowest BCUT2D eigenvalue weighted by molar-refractivity contribution is -0.118. The average molecular weight is 295 g/mol. The van der Waals surface area contributed by atoms with Crippen molar-refractivity contribution in [1.82, 2.24) is 5.32 Å². The van der Waals surface area contributed by atoms with Gasteiger partial charge in [0.15, 0.2) is 6.61 Å². The van der Waals surface area contributed by atoms with Crippen LogP contribution in [-0.4, -0.2) is 31.4 Å². The van der Waals surface area contributed by atoms with Crippen LogP contribution in [0.4, 0.5) is 5.69 Å². The summed E-state index contributed by atoms with van der Waals surface area (Å²) in [5.74, 6) is 1.40. The Bertz CT molecular complexity index is 666. The fourth-order valence-corrected chi connectivity index (χ4v) is 2.17. The number of hydrogen-bond acceptors (Lipinski definition) is 4. The number of hydrogen-bond donors (Lipinski definition) is 2. The van der Waals surface area contributed by atoms with E-state index in [-0.39, 0.29) is 12.5 Å². The van der Waals surface area contributed by atoms with Gasteiger partial charge >= 0.3 is 0 Å². The lowest BCUT2D eigenvalue weighted by atomic mass is 10.2. The Morgan fingerprint density at radius 3 is 2.59 bits per heavy atom. The molecular weight excluding hydrogens is 278 g/mol. The zero-order valence-electron chi connectivity index (χ0n) is 12.1. The summed E-state index contributed by atoms with van der Waals surface area (Å²) in [6.07, 6.45) is 0. The van der Waals surface area contributed by atoms with Crippen molar-refractivity contribution in [3.05, 3.63) is 60.2 Å². The molecule has 0 atom stereocenters. The summed E-state index contributed by atoms with van der Waals surface area (Å²) in [6, 6.07) is 16.9. The molecule has 1 aliphatic rings. The van der Waals surface area contributed by atoms with Gasteiger partial charge in [0, 0.05) is 17.8 Å². The highest BCUT2D eigenvalue weighted by Gasteiger charge is 2.08. The van der Waals surface area contributed by atoms with E-state index >= 15 is 0 Å². The third-order valence-electron chi connectivity index (χ3n) is 3.23. The van der Waals surface area contributed by atoms with Crippen molar-refractivity contribution in [2.24, 2.45) is 4.99 Å². The Morgan fingerprint density at radius 2 is 1.91 bits per heavy atom. The van der Waals surface area contributed by atoms with Crippen LogP contribution in [-0.2, 0) is 4.79 Å². The predicted octanol–water partition coefficient (Wildman–Crippen LogP) is 2.05. The number of ether oxygens (including phenoxy) is 1. The zero-order chi connectivity index (χ0) is 15.2. The SMILES string of the molecule is O=C(COc1ccccc1)Nc1ccc(C2=NCCN2)cc1. The number of carbonyl (C=O) groups excluding carboxylic acids is 1. The second-order valence-electron chi connectivity index (χ2n) is 4.88. The number of benzene rings is 2. The van der Waals surface area contributed by atoms with Crippen LogP contribution in [0, 0.1) is 0 Å². The predicted molar refractivity (Wildman–Crippen MR) is 86.4 cm³/mol. The first-order valence-electron chi connectivity index (χ1n) is 7.18. The van der Waals surface area contributed by atoms with Gasteiger partial charge in [-0.2, -0.15) is 0 Å². The summed E-state index contributed by atoms with van der Waals surface area (Å²) in [5, 5.41) is 6.02. The molecule has 0 aromatic heterocycles. The maximum Gasteiger partial charge on any atom is 0.262 e. The monoisotopic (exact) mass is 295 g/mol. The first-order chi connectivity index (χ1) is 10.8. The van der Waals surface area contributed by atoms with Crippen molar-refractivity contribution in [2.75, 3.05) is 25.0 Å². The second kappa shape index (κ2) is 6.76. The second-order valence-corrected chi connectivity index (χ2v) is 4.88. The van der Waals surface area contributed by atoms with Crippen LogP contribution in [0.15, 0.2) is 59.6 Å². The summed E-state index contributed by atoms with van der Waals surface area (Å²) >= 11 is 0. The Kier molecular flexibility index (Phi) is 4.34. The first kappa shape index (κ1) is 14.1. The van der Waals surface area contributed by atoms with E-state index in [4.69, 9.17) is 4.74 Å². The van der Waals surface area contributed by atoms with Crippen LogP contribution in [0.1, 0.15) is 5.56 Å². The van der Waals surface area contributed by atoms with Crippen LogP contribution in [0.2, 0.25) is 0 Å². The van der Waals surface area contributed by atoms with Gasteiger partial charge in [0.2, 0.25) is 0 Å². The standard InChI is InChI=1S/C17H17N3O2/c21-16(12-22-15-4-2-1-3-5-15)20-14-8-6-13(7-9-14)17-18-10-11-19-17/h1-9H,10-12H2,(H,18,19)(H,20,21). The van der Waals surface area contributed by atoms with Crippen molar-refractivity contribution in [3.8, 4) is 5.75 Å². The zero-order valence-corrected chi connectivity index (χ0v) is 12.1. The summed E-state index contributed by atoms with van der Waals surface area (Å²) < 4.78 is 5.40. The molecular formula is C17H17N3O2. The van der Waals surface area contributed by atoms with Crippen molar-refractivity contribution in [1.29, 1.82) is 0 Å². The molecule has 2 N–H and O–H groups in total. The highest BCUT2D eigenvalue weighted by Crippen LogP contribution is 2.12. The van der Waals surface area contributed by atoms with E-state index in [0.717, 1.165) is 30.2 Å². The summed E-state index contributed by atoms with van der Waals surface area (Å²) in [4.78, 5) is 16.2. The maximum absolute atomic E-state index is 11.9. The van der Waals surface area contributed by atoms with Gasteiger partial charge in [0.25, 0.3) is 5.91 Å². The van der Waals surface area contributed by atoms with Crippen LogP contribution in [0.5, 0.6) is 5.75 Å². The summed E-state index contributed by atoms with van der Waals surface area (Å²) in [5.41, 5.74) is 1.76. The number of amidine groups is 1. The molecule has 2 aromatic rings. The Labute approximate surface area is 129 Å². The summed E-state index contributed by atoms with van der Waals surface area (Å²) in [6.45, 7) is 1.68. The molecule has 1 amide bonds. The van der Waals surface area contributed by atoms with Gasteiger partial charge in [0.1, 0.15) is 11.6 Å². The quantitative estimate of drug-likeness (QED) is 0.887. The Hall–Kier alpha value is -2.82. The summed E-state index contributed by atoms with van der Waals surface area (Å²) in [7, 11) is 0. The number of para-hydroxylation sites is 1. The number of aliphatic imine (C=N–C) groups is 1. The molecule has 3 rings (SSSR count). The van der Waals surface area contributed by atoms with Gasteiger partial charge in [-0.15, -0.1) is 0 Å². The first-order valence-corrected chi connectivity index (χ1v) is 7.18. The van der Waals surface area contributed by atoms with E-state index in [1.165, 1.54) is 0 Å². The van der Waals surface area contributed by atoms with Crippen LogP contribution < -0.4 is 15.4 Å². The normalized spacial score (nSPS) is 13.2. The van der Waals surface area contributed by atoms with Crippen molar-refractivity contribution in [2.45, 2.75) is 0 Å². The van der Waals surface area contributed by atoms with Gasteiger partial charge in [0.05, 0.1) is 6.54 Å². The van der Waals surface area contributed by atoms with E-state index in [1.807, 2.05) is 54.6 Å². The number of nitrogens with one attached hydrogen (secondary N) is 2. The fourth-order valence-electron chi connectivity index (χ4n) is 2.17. The highest BCUT2D eigenvalue weighted by atomic mass is 16.5. The average Bonchev–Trinajstić information content (AvgIpc) is 3.09. The molecule has 0 saturated carbocycles. The van der Waals surface area contributed by atoms with Gasteiger partial charge < -0.3 is 15.4 Å². The van der Waals surface area contributed by atoms with E-state index in [0.29, 0.717) is 5.75 Å². The van der Waals surface area contributed by atoms with E-state index in [9.17, 15) is 4.79 Å². The third-order valence-corrected chi connectivity index (χ3v) is 3.23. The molecule has 0 bridgehead atoms.